The van der Waals surface area contributed by atoms with Gasteiger partial charge in [0.1, 0.15) is 0 Å². The highest BCUT2D eigenvalue weighted by atomic mass is 32.1. The van der Waals surface area contributed by atoms with Crippen molar-refractivity contribution in [1.29, 1.82) is 0 Å². The molecule has 2 heterocycles. The lowest BCUT2D eigenvalue weighted by Crippen LogP contribution is -2.38. The molecule has 6 nitrogen and oxygen atoms in total. The van der Waals surface area contributed by atoms with Crippen molar-refractivity contribution in [3.63, 3.8) is 0 Å². The number of fused-ring (bicyclic) bond motifs is 1. The van der Waals surface area contributed by atoms with Gasteiger partial charge in [0.25, 0.3) is 11.5 Å². The van der Waals surface area contributed by atoms with Crippen LogP contribution >= 0.6 is 11.5 Å². The van der Waals surface area contributed by atoms with Gasteiger partial charge in [-0.25, -0.2) is 3.96 Å². The Kier molecular flexibility index (Phi) is 5.30. The van der Waals surface area contributed by atoms with Crippen LogP contribution in [0, 0.1) is 11.8 Å². The lowest BCUT2D eigenvalue weighted by atomic mass is 9.98. The maximum Gasteiger partial charge on any atom is 0.269 e. The largest absolute Gasteiger partial charge is 0.396 e. The van der Waals surface area contributed by atoms with Crippen LogP contribution in [0.4, 0.5) is 0 Å². The molecule has 0 aliphatic carbocycles. The molecule has 1 unspecified atom stereocenters. The van der Waals surface area contributed by atoms with E-state index in [1.54, 1.807) is 14.9 Å². The number of carbonyl (C=O) groups excluding carboxylic acids is 1. The second-order valence-corrected chi connectivity index (χ2v) is 8.18. The van der Waals surface area contributed by atoms with Gasteiger partial charge in [0.15, 0.2) is 6.04 Å². The van der Waals surface area contributed by atoms with Crippen molar-refractivity contribution in [3.05, 3.63) is 70.5 Å². The fourth-order valence-electron chi connectivity index (χ4n) is 3.88. The SMILES string of the molecule is O=C(C(c1ccccc1)n1sc2ccccc2c1=O)N1C[C@@H](CO)[C@H](CO)C1. The van der Waals surface area contributed by atoms with E-state index < -0.39 is 6.04 Å². The van der Waals surface area contributed by atoms with Gasteiger partial charge in [-0.3, -0.25) is 9.59 Å². The number of aliphatic hydroxyl groups is 2. The number of carbonyl (C=O) groups is 1. The summed E-state index contributed by atoms with van der Waals surface area (Å²) in [4.78, 5) is 28.2. The average molecular weight is 398 g/mol. The first-order chi connectivity index (χ1) is 13.6. The van der Waals surface area contributed by atoms with E-state index in [4.69, 9.17) is 0 Å². The van der Waals surface area contributed by atoms with Crippen LogP contribution in [0.15, 0.2) is 59.4 Å². The molecule has 1 saturated heterocycles. The number of benzene rings is 2. The zero-order valence-electron chi connectivity index (χ0n) is 15.3. The van der Waals surface area contributed by atoms with Gasteiger partial charge in [-0.1, -0.05) is 54.0 Å². The minimum atomic E-state index is -0.761. The average Bonchev–Trinajstić information content (AvgIpc) is 3.30. The number of aromatic nitrogens is 1. The van der Waals surface area contributed by atoms with Crippen LogP contribution in [-0.2, 0) is 4.79 Å². The number of rotatable bonds is 5. The standard InChI is InChI=1S/C21H22N2O4S/c24-12-15-10-22(11-16(15)13-25)21(27)19(14-6-2-1-3-7-14)23-20(26)17-8-4-5-9-18(17)28-23/h1-9,15-16,19,24-25H,10-13H2/t15-,16-,19?/m0/s1. The van der Waals surface area contributed by atoms with E-state index in [1.165, 1.54) is 11.5 Å². The van der Waals surface area contributed by atoms with Crippen molar-refractivity contribution in [2.24, 2.45) is 11.8 Å². The summed E-state index contributed by atoms with van der Waals surface area (Å²) in [5.74, 6) is -0.483. The molecule has 146 valence electrons. The summed E-state index contributed by atoms with van der Waals surface area (Å²) in [5.41, 5.74) is 0.563. The minimum Gasteiger partial charge on any atom is -0.396 e. The summed E-state index contributed by atoms with van der Waals surface area (Å²) >= 11 is 1.28. The van der Waals surface area contributed by atoms with Crippen molar-refractivity contribution >= 4 is 27.5 Å². The highest BCUT2D eigenvalue weighted by Crippen LogP contribution is 2.30. The maximum absolute atomic E-state index is 13.5. The predicted octanol–water partition coefficient (Wildman–Crippen LogP) is 1.71. The van der Waals surface area contributed by atoms with Crippen LogP contribution in [0.3, 0.4) is 0 Å². The molecule has 0 radical (unpaired) electrons. The fourth-order valence-corrected chi connectivity index (χ4v) is 4.98. The molecule has 1 aromatic heterocycles. The third kappa shape index (κ3) is 3.26. The number of likely N-dealkylation sites (tertiary alicyclic amines) is 1. The van der Waals surface area contributed by atoms with E-state index in [1.807, 2.05) is 48.5 Å². The molecule has 1 aliphatic rings. The van der Waals surface area contributed by atoms with E-state index in [2.05, 4.69) is 0 Å². The zero-order valence-corrected chi connectivity index (χ0v) is 16.1. The summed E-state index contributed by atoms with van der Waals surface area (Å²) in [6, 6.07) is 15.9. The fraction of sp³-hybridized carbons (Fsp3) is 0.333. The molecule has 1 amide bonds. The molecule has 2 N–H and O–H groups in total. The number of hydrogen-bond donors (Lipinski definition) is 2. The molecule has 0 saturated carbocycles. The highest BCUT2D eigenvalue weighted by Gasteiger charge is 2.38. The van der Waals surface area contributed by atoms with E-state index >= 15 is 0 Å². The van der Waals surface area contributed by atoms with Crippen LogP contribution in [0.25, 0.3) is 10.1 Å². The summed E-state index contributed by atoms with van der Waals surface area (Å²) in [6.07, 6.45) is 0. The van der Waals surface area contributed by atoms with Crippen LogP contribution in [0.1, 0.15) is 11.6 Å². The smallest absolute Gasteiger partial charge is 0.269 e. The first kappa shape index (κ1) is 18.9. The number of nitrogens with zero attached hydrogens (tertiary/aromatic N) is 2. The normalized spacial score (nSPS) is 20.6. The van der Waals surface area contributed by atoms with Crippen LogP contribution in [0.5, 0.6) is 0 Å². The van der Waals surface area contributed by atoms with Crippen LogP contribution in [-0.4, -0.2) is 51.3 Å². The van der Waals surface area contributed by atoms with Gasteiger partial charge in [0, 0.05) is 38.1 Å². The van der Waals surface area contributed by atoms with Gasteiger partial charge >= 0.3 is 0 Å². The van der Waals surface area contributed by atoms with Crippen LogP contribution in [0.2, 0.25) is 0 Å². The Morgan fingerprint density at radius 3 is 2.21 bits per heavy atom. The van der Waals surface area contributed by atoms with Crippen molar-refractivity contribution in [1.82, 2.24) is 8.86 Å². The lowest BCUT2D eigenvalue weighted by Gasteiger charge is -2.24. The molecule has 2 aromatic carbocycles. The third-order valence-corrected chi connectivity index (χ3v) is 6.58. The first-order valence-electron chi connectivity index (χ1n) is 9.30. The van der Waals surface area contributed by atoms with E-state index in [0.29, 0.717) is 18.5 Å². The third-order valence-electron chi connectivity index (χ3n) is 5.46. The van der Waals surface area contributed by atoms with Gasteiger partial charge in [-0.2, -0.15) is 0 Å². The Labute approximate surface area is 166 Å². The van der Waals surface area contributed by atoms with Crippen molar-refractivity contribution in [3.8, 4) is 0 Å². The van der Waals surface area contributed by atoms with Gasteiger partial charge in [-0.15, -0.1) is 0 Å². The van der Waals surface area contributed by atoms with Gasteiger partial charge in [0.05, 0.1) is 10.1 Å². The zero-order chi connectivity index (χ0) is 19.7. The highest BCUT2D eigenvalue weighted by molar-refractivity contribution is 7.14. The Morgan fingerprint density at radius 2 is 1.61 bits per heavy atom. The Morgan fingerprint density at radius 1 is 1.00 bits per heavy atom. The number of aliphatic hydroxyl groups excluding tert-OH is 2. The number of hydrogen-bond acceptors (Lipinski definition) is 5. The Bertz CT molecular complexity index is 1020. The van der Waals surface area contributed by atoms with E-state index in [0.717, 1.165) is 10.3 Å². The van der Waals surface area contributed by atoms with Crippen molar-refractivity contribution in [2.75, 3.05) is 26.3 Å². The molecule has 28 heavy (non-hydrogen) atoms. The quantitative estimate of drug-likeness (QED) is 0.686. The monoisotopic (exact) mass is 398 g/mol. The summed E-state index contributed by atoms with van der Waals surface area (Å²) < 4.78 is 2.38. The van der Waals surface area contributed by atoms with E-state index in [-0.39, 0.29) is 36.5 Å². The molecule has 0 spiro atoms. The number of amides is 1. The second-order valence-electron chi connectivity index (χ2n) is 7.16. The molecule has 0 bridgehead atoms. The molecule has 7 heteroatoms. The predicted molar refractivity (Wildman–Crippen MR) is 108 cm³/mol. The minimum absolute atomic E-state index is 0.0755. The topological polar surface area (TPSA) is 82.8 Å². The molecule has 3 aromatic rings. The second kappa shape index (κ2) is 7.87. The van der Waals surface area contributed by atoms with Crippen molar-refractivity contribution in [2.45, 2.75) is 6.04 Å². The first-order valence-corrected chi connectivity index (χ1v) is 10.1. The molecule has 3 atom stereocenters. The molecular weight excluding hydrogens is 376 g/mol. The molecule has 4 rings (SSSR count). The molecule has 1 fully saturated rings. The van der Waals surface area contributed by atoms with Gasteiger partial charge in [-0.05, 0) is 17.7 Å². The summed E-state index contributed by atoms with van der Waals surface area (Å²) in [6.45, 7) is 0.606. The molecule has 1 aliphatic heterocycles. The molecular formula is C21H22N2O4S. The summed E-state index contributed by atoms with van der Waals surface area (Å²) in [5, 5.41) is 19.8. The van der Waals surface area contributed by atoms with Gasteiger partial charge < -0.3 is 15.1 Å². The Hall–Kier alpha value is -2.48. The van der Waals surface area contributed by atoms with Gasteiger partial charge in [0.2, 0.25) is 0 Å². The summed E-state index contributed by atoms with van der Waals surface area (Å²) in [7, 11) is 0. The lowest BCUT2D eigenvalue weighted by molar-refractivity contribution is -0.132. The van der Waals surface area contributed by atoms with Crippen LogP contribution < -0.4 is 5.56 Å². The van der Waals surface area contributed by atoms with E-state index in [9.17, 15) is 19.8 Å². The van der Waals surface area contributed by atoms with Crippen molar-refractivity contribution < 1.29 is 15.0 Å². The Balaban J connectivity index is 1.78. The maximum atomic E-state index is 13.5.